The van der Waals surface area contributed by atoms with Gasteiger partial charge in [0.1, 0.15) is 6.07 Å². The van der Waals surface area contributed by atoms with E-state index in [0.29, 0.717) is 12.1 Å². The highest BCUT2D eigenvalue weighted by Gasteiger charge is 2.17. The zero-order valence-corrected chi connectivity index (χ0v) is 11.5. The van der Waals surface area contributed by atoms with Crippen LogP contribution in [0.15, 0.2) is 18.2 Å². The first-order valence-corrected chi connectivity index (χ1v) is 5.98. The average Bonchev–Trinajstić information content (AvgIpc) is 2.27. The summed E-state index contributed by atoms with van der Waals surface area (Å²) < 4.78 is 0. The lowest BCUT2D eigenvalue weighted by atomic mass is 10.1. The van der Waals surface area contributed by atoms with Crippen LogP contribution in [0.4, 0.5) is 5.69 Å². The van der Waals surface area contributed by atoms with E-state index >= 15 is 0 Å². The minimum atomic E-state index is -0.787. The zero-order valence-electron chi connectivity index (χ0n) is 11.5. The van der Waals surface area contributed by atoms with Crippen LogP contribution in [0.25, 0.3) is 0 Å². The van der Waals surface area contributed by atoms with E-state index in [1.54, 1.807) is 13.8 Å². The van der Waals surface area contributed by atoms with Crippen molar-refractivity contribution < 1.29 is 5.11 Å². The molecule has 0 aliphatic heterocycles. The molecule has 0 fully saturated rings. The van der Waals surface area contributed by atoms with E-state index in [0.717, 1.165) is 17.8 Å². The maximum atomic E-state index is 9.82. The molecule has 0 saturated carbocycles. The van der Waals surface area contributed by atoms with Gasteiger partial charge in [-0.2, -0.15) is 5.26 Å². The van der Waals surface area contributed by atoms with Crippen molar-refractivity contribution in [2.45, 2.75) is 26.0 Å². The van der Waals surface area contributed by atoms with Gasteiger partial charge >= 0.3 is 0 Å². The van der Waals surface area contributed by atoms with Crippen molar-refractivity contribution in [2.75, 3.05) is 25.5 Å². The third kappa shape index (κ3) is 4.02. The van der Waals surface area contributed by atoms with Gasteiger partial charge in [0.25, 0.3) is 0 Å². The van der Waals surface area contributed by atoms with E-state index in [-0.39, 0.29) is 0 Å². The first-order valence-electron chi connectivity index (χ1n) is 5.98. The fourth-order valence-corrected chi connectivity index (χ4v) is 1.99. The summed E-state index contributed by atoms with van der Waals surface area (Å²) in [6.45, 7) is 4.73. The third-order valence-corrected chi connectivity index (χ3v) is 2.60. The normalized spacial score (nSPS) is 11.1. The Kier molecular flexibility index (Phi) is 4.71. The van der Waals surface area contributed by atoms with Crippen molar-refractivity contribution in [3.63, 3.8) is 0 Å². The van der Waals surface area contributed by atoms with Crippen LogP contribution in [0.1, 0.15) is 25.0 Å². The molecule has 1 aromatic rings. The Morgan fingerprint density at radius 2 is 2.11 bits per heavy atom. The van der Waals surface area contributed by atoms with E-state index in [9.17, 15) is 10.4 Å². The predicted molar refractivity (Wildman–Crippen MR) is 73.5 cm³/mol. The number of rotatable bonds is 5. The van der Waals surface area contributed by atoms with Crippen LogP contribution in [0.2, 0.25) is 0 Å². The lowest BCUT2D eigenvalue weighted by Crippen LogP contribution is -2.36. The van der Waals surface area contributed by atoms with Gasteiger partial charge in [-0.3, -0.25) is 0 Å². The molecule has 4 nitrogen and oxygen atoms in total. The second-order valence-electron chi connectivity index (χ2n) is 5.16. The molecule has 0 radical (unpaired) electrons. The molecule has 0 saturated heterocycles. The summed E-state index contributed by atoms with van der Waals surface area (Å²) in [5.74, 6) is 0. The van der Waals surface area contributed by atoms with Crippen LogP contribution in [-0.2, 0) is 6.54 Å². The van der Waals surface area contributed by atoms with Crippen LogP contribution in [0, 0.1) is 11.3 Å². The Hall–Kier alpha value is -1.57. The third-order valence-electron chi connectivity index (χ3n) is 2.60. The van der Waals surface area contributed by atoms with Gasteiger partial charge < -0.3 is 15.3 Å². The molecular weight excluding hydrogens is 226 g/mol. The second kappa shape index (κ2) is 5.85. The van der Waals surface area contributed by atoms with Crippen molar-refractivity contribution in [2.24, 2.45) is 0 Å². The molecule has 0 aliphatic carbocycles. The molecule has 4 heteroatoms. The first-order chi connectivity index (χ1) is 8.37. The molecule has 0 aromatic heterocycles. The Morgan fingerprint density at radius 3 is 2.61 bits per heavy atom. The van der Waals surface area contributed by atoms with Gasteiger partial charge in [0.05, 0.1) is 16.9 Å². The van der Waals surface area contributed by atoms with Crippen molar-refractivity contribution in [1.82, 2.24) is 5.32 Å². The average molecular weight is 247 g/mol. The van der Waals surface area contributed by atoms with Crippen LogP contribution >= 0.6 is 0 Å². The fourth-order valence-electron chi connectivity index (χ4n) is 1.99. The van der Waals surface area contributed by atoms with Gasteiger partial charge in [0.2, 0.25) is 0 Å². The Balaban J connectivity index is 2.99. The maximum Gasteiger partial charge on any atom is 0.101 e. The molecule has 0 spiro atoms. The predicted octanol–water partition coefficient (Wildman–Crippen LogP) is 1.48. The van der Waals surface area contributed by atoms with E-state index < -0.39 is 5.60 Å². The molecule has 2 N–H and O–H groups in total. The quantitative estimate of drug-likeness (QED) is 0.827. The lowest BCUT2D eigenvalue weighted by Gasteiger charge is -2.28. The molecule has 0 atom stereocenters. The molecule has 0 bridgehead atoms. The SMILES string of the molecule is CNCc1ccc(N(C)CC(C)(C)O)c(C#N)c1. The smallest absolute Gasteiger partial charge is 0.101 e. The molecule has 0 unspecified atom stereocenters. The van der Waals surface area contributed by atoms with Crippen LogP contribution < -0.4 is 10.2 Å². The van der Waals surface area contributed by atoms with E-state index in [1.807, 2.05) is 37.2 Å². The summed E-state index contributed by atoms with van der Waals surface area (Å²) in [5, 5.41) is 22.1. The van der Waals surface area contributed by atoms with Crippen molar-refractivity contribution in [3.8, 4) is 6.07 Å². The maximum absolute atomic E-state index is 9.82. The number of aliphatic hydroxyl groups is 1. The highest BCUT2D eigenvalue weighted by atomic mass is 16.3. The highest BCUT2D eigenvalue weighted by molar-refractivity contribution is 5.60. The molecule has 0 heterocycles. The van der Waals surface area contributed by atoms with Gasteiger partial charge in [-0.05, 0) is 38.6 Å². The first kappa shape index (κ1) is 14.5. The summed E-state index contributed by atoms with van der Waals surface area (Å²) >= 11 is 0. The summed E-state index contributed by atoms with van der Waals surface area (Å²) in [6.07, 6.45) is 0. The highest BCUT2D eigenvalue weighted by Crippen LogP contribution is 2.22. The number of hydrogen-bond donors (Lipinski definition) is 2. The summed E-state index contributed by atoms with van der Waals surface area (Å²) in [5.41, 5.74) is 1.77. The fraction of sp³-hybridized carbons (Fsp3) is 0.500. The number of anilines is 1. The molecular formula is C14H21N3O. The monoisotopic (exact) mass is 247 g/mol. The summed E-state index contributed by atoms with van der Waals surface area (Å²) in [4.78, 5) is 1.90. The van der Waals surface area contributed by atoms with Crippen molar-refractivity contribution in [1.29, 1.82) is 5.26 Å². The minimum absolute atomic E-state index is 0.479. The van der Waals surface area contributed by atoms with Crippen LogP contribution in [0.3, 0.4) is 0 Å². The van der Waals surface area contributed by atoms with Gasteiger partial charge in [-0.1, -0.05) is 6.07 Å². The van der Waals surface area contributed by atoms with E-state index in [2.05, 4.69) is 11.4 Å². The lowest BCUT2D eigenvalue weighted by molar-refractivity contribution is 0.0886. The number of nitrogens with zero attached hydrogens (tertiary/aromatic N) is 2. The molecule has 0 aliphatic rings. The van der Waals surface area contributed by atoms with Gasteiger partial charge in [0, 0.05) is 20.1 Å². The van der Waals surface area contributed by atoms with Crippen molar-refractivity contribution >= 4 is 5.69 Å². The van der Waals surface area contributed by atoms with Crippen LogP contribution in [0.5, 0.6) is 0 Å². The van der Waals surface area contributed by atoms with Gasteiger partial charge in [-0.25, -0.2) is 0 Å². The topological polar surface area (TPSA) is 59.3 Å². The van der Waals surface area contributed by atoms with Crippen LogP contribution in [-0.4, -0.2) is 31.3 Å². The van der Waals surface area contributed by atoms with Crippen molar-refractivity contribution in [3.05, 3.63) is 29.3 Å². The summed E-state index contributed by atoms with van der Waals surface area (Å²) in [6, 6.07) is 8.01. The number of benzene rings is 1. The molecule has 0 amide bonds. The zero-order chi connectivity index (χ0) is 13.8. The molecule has 1 rings (SSSR count). The molecule has 98 valence electrons. The number of nitrogens with one attached hydrogen (secondary N) is 1. The number of hydrogen-bond acceptors (Lipinski definition) is 4. The van der Waals surface area contributed by atoms with E-state index in [4.69, 9.17) is 0 Å². The summed E-state index contributed by atoms with van der Waals surface area (Å²) in [7, 11) is 3.76. The van der Waals surface area contributed by atoms with Gasteiger partial charge in [-0.15, -0.1) is 0 Å². The molecule has 18 heavy (non-hydrogen) atoms. The standard InChI is InChI=1S/C14H21N3O/c1-14(2,18)10-17(4)13-6-5-11(9-16-3)7-12(13)8-15/h5-7,16,18H,9-10H2,1-4H3. The second-order valence-corrected chi connectivity index (χ2v) is 5.16. The number of nitriles is 1. The Morgan fingerprint density at radius 1 is 1.44 bits per heavy atom. The molecule has 1 aromatic carbocycles. The van der Waals surface area contributed by atoms with Gasteiger partial charge in [0.15, 0.2) is 0 Å². The van der Waals surface area contributed by atoms with E-state index in [1.165, 1.54) is 0 Å². The minimum Gasteiger partial charge on any atom is -0.389 e. The number of likely N-dealkylation sites (N-methyl/N-ethyl adjacent to an activating group) is 1. The Labute approximate surface area is 109 Å². The Bertz CT molecular complexity index is 443. The largest absolute Gasteiger partial charge is 0.389 e.